The zero-order valence-electron chi connectivity index (χ0n) is 17.1. The van der Waals surface area contributed by atoms with Crippen LogP contribution in [0.1, 0.15) is 60.3 Å². The molecular weight excluding hydrogens is 286 g/mol. The number of rotatable bonds is 14. The number of unbranched alkanes of at least 4 members (excludes halogenated alkanes) is 3. The average Bonchev–Trinajstić information content (AvgIpc) is 2.60. The SMILES string of the molecule is CCN(CC)CCCCCCN(CC)CC.CCN(NC)NC. The number of nitrogens with one attached hydrogen (secondary N) is 2. The van der Waals surface area contributed by atoms with Gasteiger partial charge in [-0.2, -0.15) is 5.12 Å². The van der Waals surface area contributed by atoms with Gasteiger partial charge in [0.2, 0.25) is 0 Å². The topological polar surface area (TPSA) is 33.8 Å². The largest absolute Gasteiger partial charge is 0.304 e. The third kappa shape index (κ3) is 16.4. The molecule has 2 N–H and O–H groups in total. The van der Waals surface area contributed by atoms with Gasteiger partial charge < -0.3 is 9.80 Å². The average molecular weight is 332 g/mol. The highest BCUT2D eigenvalue weighted by molar-refractivity contribution is 4.55. The van der Waals surface area contributed by atoms with Crippen molar-refractivity contribution in [2.45, 2.75) is 60.3 Å². The van der Waals surface area contributed by atoms with Crippen LogP contribution in [-0.4, -0.2) is 74.8 Å². The second-order valence-corrected chi connectivity index (χ2v) is 5.66. The van der Waals surface area contributed by atoms with Crippen molar-refractivity contribution in [1.82, 2.24) is 25.8 Å². The van der Waals surface area contributed by atoms with Crippen molar-refractivity contribution < 1.29 is 0 Å². The lowest BCUT2D eigenvalue weighted by Gasteiger charge is -2.19. The first kappa shape index (κ1) is 25.0. The third-order valence-electron chi connectivity index (χ3n) is 4.34. The summed E-state index contributed by atoms with van der Waals surface area (Å²) >= 11 is 0. The van der Waals surface area contributed by atoms with Crippen LogP contribution in [0.25, 0.3) is 0 Å². The fourth-order valence-corrected chi connectivity index (χ4v) is 2.53. The minimum absolute atomic E-state index is 0.965. The predicted octanol–water partition coefficient (Wildman–Crippen LogP) is 2.81. The molecule has 0 aliphatic rings. The normalized spacial score (nSPS) is 11.2. The van der Waals surface area contributed by atoms with E-state index in [0.29, 0.717) is 0 Å². The summed E-state index contributed by atoms with van der Waals surface area (Å²) in [5.74, 6) is 0. The van der Waals surface area contributed by atoms with Crippen molar-refractivity contribution in [1.29, 1.82) is 0 Å². The Labute approximate surface area is 146 Å². The molecule has 142 valence electrons. The number of nitrogens with zero attached hydrogens (tertiary/aromatic N) is 3. The van der Waals surface area contributed by atoms with Crippen LogP contribution in [0.2, 0.25) is 0 Å². The van der Waals surface area contributed by atoms with E-state index >= 15 is 0 Å². The fourth-order valence-electron chi connectivity index (χ4n) is 2.53. The molecule has 0 aromatic heterocycles. The summed E-state index contributed by atoms with van der Waals surface area (Å²) in [6.07, 6.45) is 5.55. The minimum Gasteiger partial charge on any atom is -0.304 e. The van der Waals surface area contributed by atoms with Crippen LogP contribution >= 0.6 is 0 Å². The van der Waals surface area contributed by atoms with E-state index in [0.717, 1.165) is 6.54 Å². The maximum Gasteiger partial charge on any atom is 0.0259 e. The Morgan fingerprint density at radius 1 is 0.522 bits per heavy atom. The molecule has 0 saturated heterocycles. The molecule has 0 rings (SSSR count). The smallest absolute Gasteiger partial charge is 0.0259 e. The van der Waals surface area contributed by atoms with E-state index in [9.17, 15) is 0 Å². The van der Waals surface area contributed by atoms with Crippen LogP contribution in [0.5, 0.6) is 0 Å². The molecule has 0 saturated carbocycles. The summed E-state index contributed by atoms with van der Waals surface area (Å²) in [7, 11) is 3.75. The zero-order valence-corrected chi connectivity index (χ0v) is 17.1. The quantitative estimate of drug-likeness (QED) is 0.378. The fraction of sp³-hybridized carbons (Fsp3) is 1.00. The Bertz CT molecular complexity index is 180. The molecule has 0 aromatic carbocycles. The summed E-state index contributed by atoms with van der Waals surface area (Å²) < 4.78 is 0. The summed E-state index contributed by atoms with van der Waals surface area (Å²) in [6.45, 7) is 19.4. The van der Waals surface area contributed by atoms with Gasteiger partial charge in [-0.25, -0.2) is 10.9 Å². The molecule has 5 nitrogen and oxygen atoms in total. The molecule has 0 aliphatic carbocycles. The Morgan fingerprint density at radius 2 is 0.870 bits per heavy atom. The highest BCUT2D eigenvalue weighted by atomic mass is 15.7. The van der Waals surface area contributed by atoms with Crippen molar-refractivity contribution in [3.8, 4) is 0 Å². The van der Waals surface area contributed by atoms with E-state index < -0.39 is 0 Å². The summed E-state index contributed by atoms with van der Waals surface area (Å²) in [5, 5.41) is 1.88. The molecule has 0 bridgehead atoms. The first-order valence-corrected chi connectivity index (χ1v) is 9.70. The molecule has 0 spiro atoms. The monoisotopic (exact) mass is 331 g/mol. The Hall–Kier alpha value is -0.200. The minimum atomic E-state index is 0.965. The number of hydrogen-bond acceptors (Lipinski definition) is 5. The van der Waals surface area contributed by atoms with Crippen molar-refractivity contribution >= 4 is 0 Å². The summed E-state index contributed by atoms with van der Waals surface area (Å²) in [4.78, 5) is 5.04. The molecule has 0 amide bonds. The third-order valence-corrected chi connectivity index (χ3v) is 4.34. The molecule has 0 aliphatic heterocycles. The van der Waals surface area contributed by atoms with Gasteiger partial charge in [0.05, 0.1) is 0 Å². The van der Waals surface area contributed by atoms with Crippen molar-refractivity contribution in [3.63, 3.8) is 0 Å². The molecule has 0 aromatic rings. The van der Waals surface area contributed by atoms with Gasteiger partial charge >= 0.3 is 0 Å². The number of hydrogen-bond donors (Lipinski definition) is 2. The van der Waals surface area contributed by atoms with Gasteiger partial charge in [-0.1, -0.05) is 40.5 Å². The Balaban J connectivity index is 0. The lowest BCUT2D eigenvalue weighted by Crippen LogP contribution is -2.43. The molecular formula is C18H45N5. The van der Waals surface area contributed by atoms with Crippen molar-refractivity contribution in [2.24, 2.45) is 0 Å². The highest BCUT2D eigenvalue weighted by Gasteiger charge is 2.00. The van der Waals surface area contributed by atoms with Gasteiger partial charge in [0.25, 0.3) is 0 Å². The van der Waals surface area contributed by atoms with Crippen molar-refractivity contribution in [3.05, 3.63) is 0 Å². The van der Waals surface area contributed by atoms with Gasteiger partial charge in [0.1, 0.15) is 0 Å². The maximum absolute atomic E-state index is 2.92. The molecule has 0 unspecified atom stereocenters. The van der Waals surface area contributed by atoms with E-state index in [1.165, 1.54) is 65.0 Å². The molecule has 0 radical (unpaired) electrons. The molecule has 5 heteroatoms. The van der Waals surface area contributed by atoms with Gasteiger partial charge in [0.15, 0.2) is 0 Å². The predicted molar refractivity (Wildman–Crippen MR) is 105 cm³/mol. The number of hydrazine groups is 2. The summed E-state index contributed by atoms with van der Waals surface area (Å²) in [5.41, 5.74) is 5.85. The lowest BCUT2D eigenvalue weighted by molar-refractivity contribution is 0.155. The molecule has 23 heavy (non-hydrogen) atoms. The molecule has 0 heterocycles. The van der Waals surface area contributed by atoms with Gasteiger partial charge in [-0.15, -0.1) is 0 Å². The lowest BCUT2D eigenvalue weighted by atomic mass is 10.2. The molecule has 0 fully saturated rings. The highest BCUT2D eigenvalue weighted by Crippen LogP contribution is 2.03. The van der Waals surface area contributed by atoms with E-state index in [1.54, 1.807) is 0 Å². The van der Waals surface area contributed by atoms with Crippen molar-refractivity contribution in [2.75, 3.05) is 59.9 Å². The van der Waals surface area contributed by atoms with Crippen LogP contribution in [0.3, 0.4) is 0 Å². The van der Waals surface area contributed by atoms with E-state index in [4.69, 9.17) is 0 Å². The van der Waals surface area contributed by atoms with Crippen LogP contribution in [-0.2, 0) is 0 Å². The first-order valence-electron chi connectivity index (χ1n) is 9.70. The van der Waals surface area contributed by atoms with Gasteiger partial charge in [0, 0.05) is 20.6 Å². The standard InChI is InChI=1S/C14H32N2.C4H13N3/c1-5-15(6-2)13-11-9-10-12-14-16(7-3)8-4;1-4-7(5-2)6-3/h5-14H2,1-4H3;5-6H,4H2,1-3H3. The van der Waals surface area contributed by atoms with Crippen LogP contribution < -0.4 is 10.9 Å². The van der Waals surface area contributed by atoms with Crippen LogP contribution in [0.4, 0.5) is 0 Å². The van der Waals surface area contributed by atoms with Crippen LogP contribution in [0, 0.1) is 0 Å². The Morgan fingerprint density at radius 3 is 1.04 bits per heavy atom. The zero-order chi connectivity index (χ0) is 17.9. The van der Waals surface area contributed by atoms with E-state index in [2.05, 4.69) is 55.3 Å². The Kier molecular flexibility index (Phi) is 21.6. The van der Waals surface area contributed by atoms with Crippen LogP contribution in [0.15, 0.2) is 0 Å². The molecule has 0 atom stereocenters. The first-order chi connectivity index (χ1) is 11.1. The van der Waals surface area contributed by atoms with E-state index in [-0.39, 0.29) is 0 Å². The van der Waals surface area contributed by atoms with E-state index in [1.807, 2.05) is 19.2 Å². The summed E-state index contributed by atoms with van der Waals surface area (Å²) in [6, 6.07) is 0. The second kappa shape index (κ2) is 19.8. The van der Waals surface area contributed by atoms with Gasteiger partial charge in [-0.3, -0.25) is 0 Å². The second-order valence-electron chi connectivity index (χ2n) is 5.66. The maximum atomic E-state index is 2.92. The van der Waals surface area contributed by atoms with Gasteiger partial charge in [-0.05, 0) is 59.0 Å².